The molecule has 21 heavy (non-hydrogen) atoms. The molecule has 1 aliphatic heterocycles. The van der Waals surface area contributed by atoms with E-state index in [1.807, 2.05) is 0 Å². The maximum atomic E-state index is 6.21. The third-order valence-electron chi connectivity index (χ3n) is 3.94. The highest BCUT2D eigenvalue weighted by molar-refractivity contribution is 5.83. The molecule has 3 rings (SSSR count). The van der Waals surface area contributed by atoms with Crippen LogP contribution in [0.1, 0.15) is 17.2 Å². The van der Waals surface area contributed by atoms with Gasteiger partial charge in [0.2, 0.25) is 0 Å². The summed E-state index contributed by atoms with van der Waals surface area (Å²) in [6, 6.07) is 8.23. The standard InChI is InChI=1S/C16H22N4O/c1-11-2-3-15-12(8-11)9-13(14(18)10-17)16(19-15)20-4-6-21-7-5-20/h2-3,8-9,14H,4-7,10,17-18H2,1H3. The lowest BCUT2D eigenvalue weighted by Crippen LogP contribution is -2.38. The van der Waals surface area contributed by atoms with Crippen LogP contribution in [0.15, 0.2) is 24.3 Å². The molecule has 1 unspecified atom stereocenters. The van der Waals surface area contributed by atoms with Gasteiger partial charge in [-0.3, -0.25) is 0 Å². The van der Waals surface area contributed by atoms with E-state index in [2.05, 4.69) is 36.1 Å². The number of nitrogens with two attached hydrogens (primary N) is 2. The van der Waals surface area contributed by atoms with Crippen molar-refractivity contribution < 1.29 is 4.74 Å². The number of pyridine rings is 1. The van der Waals surface area contributed by atoms with Crippen LogP contribution in [0.4, 0.5) is 5.82 Å². The molecule has 1 aliphatic rings. The zero-order valence-corrected chi connectivity index (χ0v) is 12.4. The second-order valence-corrected chi connectivity index (χ2v) is 5.54. The molecule has 1 saturated heterocycles. The minimum absolute atomic E-state index is 0.194. The number of hydrogen-bond acceptors (Lipinski definition) is 5. The van der Waals surface area contributed by atoms with Crippen molar-refractivity contribution >= 4 is 16.7 Å². The summed E-state index contributed by atoms with van der Waals surface area (Å²) in [5, 5.41) is 1.12. The number of aryl methyl sites for hydroxylation is 1. The smallest absolute Gasteiger partial charge is 0.134 e. The van der Waals surface area contributed by atoms with Gasteiger partial charge >= 0.3 is 0 Å². The van der Waals surface area contributed by atoms with Crippen molar-refractivity contribution in [3.05, 3.63) is 35.4 Å². The van der Waals surface area contributed by atoms with Gasteiger partial charge in [-0.1, -0.05) is 11.6 Å². The van der Waals surface area contributed by atoms with Crippen LogP contribution >= 0.6 is 0 Å². The molecule has 0 radical (unpaired) electrons. The van der Waals surface area contributed by atoms with E-state index in [1.54, 1.807) is 0 Å². The highest BCUT2D eigenvalue weighted by Gasteiger charge is 2.20. The molecule has 1 aromatic heterocycles. The van der Waals surface area contributed by atoms with E-state index in [9.17, 15) is 0 Å². The Morgan fingerprint density at radius 1 is 1.29 bits per heavy atom. The first-order valence-corrected chi connectivity index (χ1v) is 7.38. The van der Waals surface area contributed by atoms with Crippen LogP contribution in [0.5, 0.6) is 0 Å². The maximum absolute atomic E-state index is 6.21. The van der Waals surface area contributed by atoms with Crippen LogP contribution in [-0.2, 0) is 4.74 Å². The highest BCUT2D eigenvalue weighted by atomic mass is 16.5. The number of benzene rings is 1. The van der Waals surface area contributed by atoms with Gasteiger partial charge in [0.15, 0.2) is 0 Å². The molecule has 5 nitrogen and oxygen atoms in total. The van der Waals surface area contributed by atoms with Gasteiger partial charge in [-0.15, -0.1) is 0 Å². The zero-order chi connectivity index (χ0) is 14.8. The summed E-state index contributed by atoms with van der Waals surface area (Å²) in [6.45, 7) is 5.63. The molecule has 2 aromatic rings. The first kappa shape index (κ1) is 14.3. The van der Waals surface area contributed by atoms with Crippen molar-refractivity contribution in [3.63, 3.8) is 0 Å². The summed E-state index contributed by atoms with van der Waals surface area (Å²) in [5.74, 6) is 0.951. The highest BCUT2D eigenvalue weighted by Crippen LogP contribution is 2.28. The summed E-state index contributed by atoms with van der Waals surface area (Å²) in [5.41, 5.74) is 15.2. The minimum atomic E-state index is -0.194. The van der Waals surface area contributed by atoms with Gasteiger partial charge in [-0.2, -0.15) is 0 Å². The molecule has 0 bridgehead atoms. The Morgan fingerprint density at radius 3 is 2.76 bits per heavy atom. The van der Waals surface area contributed by atoms with Crippen molar-refractivity contribution in [2.75, 3.05) is 37.7 Å². The lowest BCUT2D eigenvalue weighted by atomic mass is 10.0. The number of hydrogen-bond donors (Lipinski definition) is 2. The van der Waals surface area contributed by atoms with Crippen molar-refractivity contribution in [1.29, 1.82) is 0 Å². The van der Waals surface area contributed by atoms with Gasteiger partial charge in [0.25, 0.3) is 0 Å². The van der Waals surface area contributed by atoms with Crippen molar-refractivity contribution in [2.24, 2.45) is 11.5 Å². The summed E-state index contributed by atoms with van der Waals surface area (Å²) in [4.78, 5) is 7.09. The Balaban J connectivity index is 2.12. The van der Waals surface area contributed by atoms with E-state index < -0.39 is 0 Å². The Morgan fingerprint density at radius 2 is 2.05 bits per heavy atom. The Kier molecular flexibility index (Phi) is 4.05. The number of fused-ring (bicyclic) bond motifs is 1. The van der Waals surface area contributed by atoms with Crippen LogP contribution in [0.25, 0.3) is 10.9 Å². The van der Waals surface area contributed by atoms with Gasteiger partial charge in [-0.25, -0.2) is 4.98 Å². The molecule has 0 aliphatic carbocycles. The van der Waals surface area contributed by atoms with Crippen LogP contribution in [0.3, 0.4) is 0 Å². The van der Waals surface area contributed by atoms with Gasteiger partial charge in [0.1, 0.15) is 5.82 Å². The van der Waals surface area contributed by atoms with Gasteiger partial charge in [0.05, 0.1) is 18.7 Å². The van der Waals surface area contributed by atoms with Gasteiger partial charge < -0.3 is 21.1 Å². The van der Waals surface area contributed by atoms with Crippen molar-refractivity contribution in [2.45, 2.75) is 13.0 Å². The monoisotopic (exact) mass is 286 g/mol. The Labute approximate surface area is 124 Å². The van der Waals surface area contributed by atoms with Crippen LogP contribution in [0.2, 0.25) is 0 Å². The molecule has 0 amide bonds. The maximum Gasteiger partial charge on any atom is 0.134 e. The summed E-state index contributed by atoms with van der Waals surface area (Å²) >= 11 is 0. The van der Waals surface area contributed by atoms with Gasteiger partial charge in [-0.05, 0) is 25.1 Å². The molecule has 0 saturated carbocycles. The average Bonchev–Trinajstić information content (AvgIpc) is 2.53. The number of morpholine rings is 1. The Hall–Kier alpha value is -1.69. The first-order chi connectivity index (χ1) is 10.2. The predicted octanol–water partition coefficient (Wildman–Crippen LogP) is 1.34. The molecule has 5 heteroatoms. The fourth-order valence-corrected chi connectivity index (χ4v) is 2.73. The Bertz CT molecular complexity index is 637. The molecule has 1 atom stereocenters. The van der Waals surface area contributed by atoms with Crippen LogP contribution < -0.4 is 16.4 Å². The zero-order valence-electron chi connectivity index (χ0n) is 12.4. The summed E-state index contributed by atoms with van der Waals surface area (Å²) < 4.78 is 5.43. The molecule has 4 N–H and O–H groups in total. The second-order valence-electron chi connectivity index (χ2n) is 5.54. The molecule has 0 spiro atoms. The largest absolute Gasteiger partial charge is 0.378 e. The van der Waals surface area contributed by atoms with E-state index in [1.165, 1.54) is 5.56 Å². The normalized spacial score (nSPS) is 17.2. The minimum Gasteiger partial charge on any atom is -0.378 e. The molecular formula is C16H22N4O. The molecule has 1 aromatic carbocycles. The van der Waals surface area contributed by atoms with Crippen molar-refractivity contribution in [1.82, 2.24) is 4.98 Å². The van der Waals surface area contributed by atoms with E-state index >= 15 is 0 Å². The summed E-state index contributed by atoms with van der Waals surface area (Å²) in [7, 11) is 0. The molecular weight excluding hydrogens is 264 g/mol. The third kappa shape index (κ3) is 2.85. The first-order valence-electron chi connectivity index (χ1n) is 7.38. The fourth-order valence-electron chi connectivity index (χ4n) is 2.73. The number of nitrogens with zero attached hydrogens (tertiary/aromatic N) is 2. The number of ether oxygens (including phenoxy) is 1. The number of aromatic nitrogens is 1. The van der Waals surface area contributed by atoms with Crippen LogP contribution in [-0.4, -0.2) is 37.8 Å². The van der Waals surface area contributed by atoms with E-state index in [0.29, 0.717) is 6.54 Å². The van der Waals surface area contributed by atoms with Crippen LogP contribution in [0, 0.1) is 6.92 Å². The second kappa shape index (κ2) is 5.97. The average molecular weight is 286 g/mol. The van der Waals surface area contributed by atoms with Crippen molar-refractivity contribution in [3.8, 4) is 0 Å². The van der Waals surface area contributed by atoms with E-state index in [0.717, 1.165) is 48.6 Å². The predicted molar refractivity (Wildman–Crippen MR) is 85.5 cm³/mol. The lowest BCUT2D eigenvalue weighted by molar-refractivity contribution is 0.122. The molecule has 1 fully saturated rings. The molecule has 2 heterocycles. The fraction of sp³-hybridized carbons (Fsp3) is 0.438. The number of rotatable bonds is 3. The van der Waals surface area contributed by atoms with Gasteiger partial charge in [0, 0.05) is 36.6 Å². The lowest BCUT2D eigenvalue weighted by Gasteiger charge is -2.31. The molecule has 112 valence electrons. The summed E-state index contributed by atoms with van der Waals surface area (Å²) in [6.07, 6.45) is 0. The van der Waals surface area contributed by atoms with E-state index in [-0.39, 0.29) is 6.04 Å². The third-order valence-corrected chi connectivity index (χ3v) is 3.94. The topological polar surface area (TPSA) is 77.4 Å². The SMILES string of the molecule is Cc1ccc2nc(N3CCOCC3)c(C(N)CN)cc2c1. The number of anilines is 1. The quantitative estimate of drug-likeness (QED) is 0.890. The van der Waals surface area contributed by atoms with E-state index in [4.69, 9.17) is 21.2 Å².